The first-order chi connectivity index (χ1) is 4.24. The molecule has 9 heavy (non-hydrogen) atoms. The van der Waals surface area contributed by atoms with E-state index in [2.05, 4.69) is 4.85 Å². The molecule has 0 aliphatic carbocycles. The van der Waals surface area contributed by atoms with Gasteiger partial charge in [0.2, 0.25) is 0 Å². The molecule has 0 spiro atoms. The molecule has 0 saturated carbocycles. The molecular formula is C6H10N2O. The van der Waals surface area contributed by atoms with Crippen LogP contribution in [0.1, 0.15) is 13.3 Å². The molecule has 0 aromatic rings. The second-order valence-electron chi connectivity index (χ2n) is 2.32. The molecule has 50 valence electrons. The zero-order valence-corrected chi connectivity index (χ0v) is 5.66. The first kappa shape index (κ1) is 6.53. The molecule has 0 amide bonds. The predicted molar refractivity (Wildman–Crippen MR) is 33.3 cm³/mol. The molecule has 3 nitrogen and oxygen atoms in total. The van der Waals surface area contributed by atoms with Crippen molar-refractivity contribution < 1.29 is 4.84 Å². The van der Waals surface area contributed by atoms with Crippen molar-refractivity contribution in [3.63, 3.8) is 0 Å². The topological polar surface area (TPSA) is 16.8 Å². The van der Waals surface area contributed by atoms with Crippen LogP contribution in [0.5, 0.6) is 0 Å². The van der Waals surface area contributed by atoms with Gasteiger partial charge in [-0.1, -0.05) is 0 Å². The summed E-state index contributed by atoms with van der Waals surface area (Å²) in [6.45, 7) is 8.70. The summed E-state index contributed by atoms with van der Waals surface area (Å²) in [4.78, 5) is 8.38. The number of rotatable bonds is 0. The fourth-order valence-corrected chi connectivity index (χ4v) is 0.855. The zero-order chi connectivity index (χ0) is 6.85. The van der Waals surface area contributed by atoms with Crippen LogP contribution in [0.4, 0.5) is 0 Å². The van der Waals surface area contributed by atoms with Crippen molar-refractivity contribution in [2.75, 3.05) is 7.05 Å². The molecule has 1 rings (SSSR count). The van der Waals surface area contributed by atoms with E-state index < -0.39 is 0 Å². The largest absolute Gasteiger partial charge is 0.344 e. The van der Waals surface area contributed by atoms with Crippen molar-refractivity contribution in [2.45, 2.75) is 25.6 Å². The summed E-state index contributed by atoms with van der Waals surface area (Å²) in [5, 5.41) is 1.74. The van der Waals surface area contributed by atoms with Crippen molar-refractivity contribution >= 4 is 0 Å². The minimum Gasteiger partial charge on any atom is -0.281 e. The van der Waals surface area contributed by atoms with Crippen LogP contribution < -0.4 is 0 Å². The maximum Gasteiger partial charge on any atom is 0.344 e. The summed E-state index contributed by atoms with van der Waals surface area (Å²) in [6.07, 6.45) is 0.602. The zero-order valence-electron chi connectivity index (χ0n) is 5.66. The van der Waals surface area contributed by atoms with Gasteiger partial charge in [0.05, 0.1) is 6.42 Å². The van der Waals surface area contributed by atoms with Crippen LogP contribution in [0.15, 0.2) is 0 Å². The van der Waals surface area contributed by atoms with Crippen LogP contribution in [-0.4, -0.2) is 24.4 Å². The second-order valence-corrected chi connectivity index (χ2v) is 2.32. The molecule has 3 heteroatoms. The minimum absolute atomic E-state index is 0.231. The third kappa shape index (κ3) is 1.21. The van der Waals surface area contributed by atoms with E-state index in [1.807, 2.05) is 14.0 Å². The van der Waals surface area contributed by atoms with Crippen molar-refractivity contribution in [1.29, 1.82) is 0 Å². The lowest BCUT2D eigenvalue weighted by Crippen LogP contribution is -2.19. The lowest BCUT2D eigenvalue weighted by Gasteiger charge is -2.08. The van der Waals surface area contributed by atoms with Crippen LogP contribution in [0.3, 0.4) is 0 Å². The molecule has 0 aromatic heterocycles. The van der Waals surface area contributed by atoms with E-state index in [0.29, 0.717) is 6.04 Å². The van der Waals surface area contributed by atoms with Gasteiger partial charge in [0.1, 0.15) is 0 Å². The number of hydrogen-bond acceptors (Lipinski definition) is 2. The summed E-state index contributed by atoms with van der Waals surface area (Å²) in [5.41, 5.74) is 0. The molecular weight excluding hydrogens is 116 g/mol. The molecule has 2 unspecified atom stereocenters. The van der Waals surface area contributed by atoms with E-state index >= 15 is 0 Å². The van der Waals surface area contributed by atoms with Gasteiger partial charge in [-0.3, -0.25) is 4.85 Å². The van der Waals surface area contributed by atoms with Crippen molar-refractivity contribution in [2.24, 2.45) is 0 Å². The highest BCUT2D eigenvalue weighted by Gasteiger charge is 2.31. The lowest BCUT2D eigenvalue weighted by molar-refractivity contribution is -0.128. The quantitative estimate of drug-likeness (QED) is 0.448. The highest BCUT2D eigenvalue weighted by atomic mass is 16.7. The summed E-state index contributed by atoms with van der Waals surface area (Å²) in [5.74, 6) is 0. The summed E-state index contributed by atoms with van der Waals surface area (Å²) < 4.78 is 0. The van der Waals surface area contributed by atoms with Gasteiger partial charge < -0.3 is 0 Å². The molecule has 0 N–H and O–H groups in total. The van der Waals surface area contributed by atoms with E-state index in [1.54, 1.807) is 5.06 Å². The fourth-order valence-electron chi connectivity index (χ4n) is 0.855. The van der Waals surface area contributed by atoms with E-state index in [-0.39, 0.29) is 6.23 Å². The monoisotopic (exact) mass is 126 g/mol. The van der Waals surface area contributed by atoms with Crippen LogP contribution in [0.2, 0.25) is 0 Å². The smallest absolute Gasteiger partial charge is 0.281 e. The van der Waals surface area contributed by atoms with Crippen LogP contribution in [-0.2, 0) is 4.84 Å². The van der Waals surface area contributed by atoms with Gasteiger partial charge in [0, 0.05) is 13.1 Å². The van der Waals surface area contributed by atoms with Crippen molar-refractivity contribution in [3.8, 4) is 0 Å². The Kier molecular flexibility index (Phi) is 1.70. The SMILES string of the molecule is [C-]#[N+]C1CC(C)N(C)O1. The predicted octanol–water partition coefficient (Wildman–Crippen LogP) is 0.887. The first-order valence-electron chi connectivity index (χ1n) is 3.00. The Hall–Kier alpha value is -0.590. The van der Waals surface area contributed by atoms with Gasteiger partial charge >= 0.3 is 6.23 Å². The fraction of sp³-hybridized carbons (Fsp3) is 0.833. The van der Waals surface area contributed by atoms with Gasteiger partial charge in [0.15, 0.2) is 0 Å². The first-order valence-corrected chi connectivity index (χ1v) is 3.00. The summed E-state index contributed by atoms with van der Waals surface area (Å²) >= 11 is 0. The Balaban J connectivity index is 2.46. The van der Waals surface area contributed by atoms with E-state index in [9.17, 15) is 0 Å². The Morgan fingerprint density at radius 1 is 1.78 bits per heavy atom. The molecule has 0 aromatic carbocycles. The van der Waals surface area contributed by atoms with Gasteiger partial charge in [-0.2, -0.15) is 5.06 Å². The van der Waals surface area contributed by atoms with E-state index in [0.717, 1.165) is 6.42 Å². The van der Waals surface area contributed by atoms with Crippen molar-refractivity contribution in [1.82, 2.24) is 5.06 Å². The summed E-state index contributed by atoms with van der Waals surface area (Å²) in [7, 11) is 1.86. The van der Waals surface area contributed by atoms with E-state index in [1.165, 1.54) is 0 Å². The number of hydroxylamine groups is 2. The molecule has 1 aliphatic rings. The highest BCUT2D eigenvalue weighted by molar-refractivity contribution is 4.78. The molecule has 1 aliphatic heterocycles. The standard InChI is InChI=1S/C6H10N2O/c1-5-4-6(7-2)9-8(5)3/h5-6H,4H2,1,3H3. The average Bonchev–Trinajstić information content (AvgIpc) is 2.13. The maximum absolute atomic E-state index is 6.65. The molecule has 1 saturated heterocycles. The average molecular weight is 126 g/mol. The Labute approximate surface area is 55.0 Å². The molecule has 0 radical (unpaired) electrons. The Morgan fingerprint density at radius 2 is 2.44 bits per heavy atom. The van der Waals surface area contributed by atoms with Crippen LogP contribution in [0.25, 0.3) is 4.85 Å². The van der Waals surface area contributed by atoms with Gasteiger partial charge in [-0.05, 0) is 6.92 Å². The maximum atomic E-state index is 6.65. The normalized spacial score (nSPS) is 36.6. The number of nitrogens with zero attached hydrogens (tertiary/aromatic N) is 2. The second kappa shape index (κ2) is 2.34. The van der Waals surface area contributed by atoms with Crippen molar-refractivity contribution in [3.05, 3.63) is 11.4 Å². The minimum atomic E-state index is -0.231. The van der Waals surface area contributed by atoms with E-state index in [4.69, 9.17) is 11.4 Å². The van der Waals surface area contributed by atoms with Gasteiger partial charge in [-0.25, -0.2) is 11.4 Å². The van der Waals surface area contributed by atoms with Crippen LogP contribution in [0, 0.1) is 6.57 Å². The summed E-state index contributed by atoms with van der Waals surface area (Å²) in [6, 6.07) is 0.393. The van der Waals surface area contributed by atoms with Gasteiger partial charge in [0.25, 0.3) is 0 Å². The highest BCUT2D eigenvalue weighted by Crippen LogP contribution is 2.18. The molecule has 1 fully saturated rings. The molecule has 1 heterocycles. The third-order valence-corrected chi connectivity index (χ3v) is 1.60. The molecule has 2 atom stereocenters. The third-order valence-electron chi connectivity index (χ3n) is 1.60. The Morgan fingerprint density at radius 3 is 2.67 bits per heavy atom. The number of hydrogen-bond donors (Lipinski definition) is 0. The lowest BCUT2D eigenvalue weighted by atomic mass is 10.2. The van der Waals surface area contributed by atoms with Gasteiger partial charge in [-0.15, -0.1) is 0 Å². The molecule has 0 bridgehead atoms. The van der Waals surface area contributed by atoms with Crippen LogP contribution >= 0.6 is 0 Å². The Bertz CT molecular complexity index is 130.